The van der Waals surface area contributed by atoms with Gasteiger partial charge in [0.15, 0.2) is 11.5 Å². The van der Waals surface area contributed by atoms with Gasteiger partial charge in [-0.05, 0) is 43.9 Å². The maximum atomic E-state index is 12.8. The summed E-state index contributed by atoms with van der Waals surface area (Å²) in [5, 5.41) is 0. The molecule has 1 aliphatic carbocycles. The van der Waals surface area contributed by atoms with E-state index in [2.05, 4.69) is 4.99 Å². The van der Waals surface area contributed by atoms with Crippen LogP contribution >= 0.6 is 0 Å². The van der Waals surface area contributed by atoms with Gasteiger partial charge in [-0.1, -0.05) is 13.0 Å². The minimum Gasteiger partial charge on any atom is -0.493 e. The van der Waals surface area contributed by atoms with E-state index in [-0.39, 0.29) is 5.78 Å². The summed E-state index contributed by atoms with van der Waals surface area (Å²) >= 11 is 0. The SMILES string of the molecule is CCCOc1ccc([C@@H]2C(C(=O)OC)=C(C)N=C3CCCC(=O)C32)cc1OC. The number of carbonyl (C=O) groups is 2. The van der Waals surface area contributed by atoms with Crippen LogP contribution in [0.4, 0.5) is 0 Å². The van der Waals surface area contributed by atoms with Crippen LogP contribution in [0.3, 0.4) is 0 Å². The Kier molecular flexibility index (Phi) is 6.17. The zero-order chi connectivity index (χ0) is 20.3. The molecule has 1 fully saturated rings. The van der Waals surface area contributed by atoms with Crippen LogP contribution in [0.2, 0.25) is 0 Å². The molecule has 0 N–H and O–H groups in total. The molecule has 2 aliphatic rings. The van der Waals surface area contributed by atoms with Crippen molar-refractivity contribution in [1.29, 1.82) is 0 Å². The molecule has 1 saturated carbocycles. The Morgan fingerprint density at radius 1 is 1.18 bits per heavy atom. The van der Waals surface area contributed by atoms with Crippen LogP contribution < -0.4 is 9.47 Å². The van der Waals surface area contributed by atoms with Gasteiger partial charge in [0, 0.05) is 23.7 Å². The van der Waals surface area contributed by atoms with Gasteiger partial charge < -0.3 is 14.2 Å². The molecule has 1 heterocycles. The van der Waals surface area contributed by atoms with E-state index in [0.29, 0.717) is 35.8 Å². The molecule has 1 aliphatic heterocycles. The molecular weight excluding hydrogens is 358 g/mol. The normalized spacial score (nSPS) is 21.7. The zero-order valence-electron chi connectivity index (χ0n) is 16.9. The van der Waals surface area contributed by atoms with Crippen LogP contribution in [-0.2, 0) is 14.3 Å². The maximum Gasteiger partial charge on any atom is 0.336 e. The van der Waals surface area contributed by atoms with Gasteiger partial charge in [-0.15, -0.1) is 0 Å². The molecule has 0 spiro atoms. The van der Waals surface area contributed by atoms with Crippen molar-refractivity contribution in [2.24, 2.45) is 10.9 Å². The van der Waals surface area contributed by atoms with Crippen LogP contribution in [0.15, 0.2) is 34.5 Å². The predicted octanol–water partition coefficient (Wildman–Crippen LogP) is 3.84. The maximum absolute atomic E-state index is 12.8. The monoisotopic (exact) mass is 385 g/mol. The number of fused-ring (bicyclic) bond motifs is 1. The van der Waals surface area contributed by atoms with Crippen molar-refractivity contribution >= 4 is 17.5 Å². The summed E-state index contributed by atoms with van der Waals surface area (Å²) in [4.78, 5) is 30.0. The van der Waals surface area contributed by atoms with Gasteiger partial charge in [-0.25, -0.2) is 4.79 Å². The first-order chi connectivity index (χ1) is 13.5. The van der Waals surface area contributed by atoms with Crippen molar-refractivity contribution < 1.29 is 23.8 Å². The van der Waals surface area contributed by atoms with Gasteiger partial charge in [-0.2, -0.15) is 0 Å². The van der Waals surface area contributed by atoms with Crippen molar-refractivity contribution in [2.75, 3.05) is 20.8 Å². The molecule has 3 rings (SSSR count). The molecule has 2 atom stereocenters. The Hall–Kier alpha value is -2.63. The Balaban J connectivity index is 2.11. The Labute approximate surface area is 165 Å². The number of allylic oxidation sites excluding steroid dienone is 1. The first kappa shape index (κ1) is 20.1. The molecule has 0 bridgehead atoms. The molecule has 28 heavy (non-hydrogen) atoms. The summed E-state index contributed by atoms with van der Waals surface area (Å²) in [6.45, 7) is 4.43. The highest BCUT2D eigenvalue weighted by Crippen LogP contribution is 2.44. The molecule has 1 aromatic carbocycles. The van der Waals surface area contributed by atoms with E-state index in [0.717, 1.165) is 30.5 Å². The van der Waals surface area contributed by atoms with E-state index < -0.39 is 17.8 Å². The smallest absolute Gasteiger partial charge is 0.336 e. The lowest BCUT2D eigenvalue weighted by molar-refractivity contribution is -0.136. The summed E-state index contributed by atoms with van der Waals surface area (Å²) in [6, 6.07) is 5.60. The van der Waals surface area contributed by atoms with E-state index in [1.165, 1.54) is 7.11 Å². The van der Waals surface area contributed by atoms with Crippen molar-refractivity contribution in [1.82, 2.24) is 0 Å². The topological polar surface area (TPSA) is 74.2 Å². The number of aliphatic imine (C=N–C) groups is 1. The predicted molar refractivity (Wildman–Crippen MR) is 106 cm³/mol. The Morgan fingerprint density at radius 3 is 2.64 bits per heavy atom. The molecule has 0 saturated heterocycles. The third-order valence-electron chi connectivity index (χ3n) is 5.32. The summed E-state index contributed by atoms with van der Waals surface area (Å²) in [5.74, 6) is 0.0388. The molecule has 1 unspecified atom stereocenters. The van der Waals surface area contributed by atoms with Crippen LogP contribution in [-0.4, -0.2) is 38.3 Å². The average Bonchev–Trinajstić information content (AvgIpc) is 2.70. The second-order valence-corrected chi connectivity index (χ2v) is 7.13. The molecule has 6 heteroatoms. The highest BCUT2D eigenvalue weighted by atomic mass is 16.5. The molecule has 1 aromatic rings. The summed E-state index contributed by atoms with van der Waals surface area (Å²) in [7, 11) is 2.93. The zero-order valence-corrected chi connectivity index (χ0v) is 16.9. The van der Waals surface area contributed by atoms with Crippen molar-refractivity contribution in [3.63, 3.8) is 0 Å². The number of carbonyl (C=O) groups excluding carboxylic acids is 2. The molecule has 0 aromatic heterocycles. The van der Waals surface area contributed by atoms with E-state index in [9.17, 15) is 9.59 Å². The number of Topliss-reactive ketones (excluding diaryl/α,β-unsaturated/α-hetero) is 1. The van der Waals surface area contributed by atoms with E-state index in [1.54, 1.807) is 14.0 Å². The lowest BCUT2D eigenvalue weighted by Gasteiger charge is -2.35. The fourth-order valence-corrected chi connectivity index (χ4v) is 4.06. The minimum absolute atomic E-state index is 0.120. The fraction of sp³-hybridized carbons (Fsp3) is 0.500. The number of ketones is 1. The second-order valence-electron chi connectivity index (χ2n) is 7.13. The average molecular weight is 385 g/mol. The lowest BCUT2D eigenvalue weighted by atomic mass is 9.69. The number of hydrogen-bond donors (Lipinski definition) is 0. The molecule has 0 amide bonds. The lowest BCUT2D eigenvalue weighted by Crippen LogP contribution is -2.39. The Morgan fingerprint density at radius 2 is 1.96 bits per heavy atom. The number of esters is 1. The van der Waals surface area contributed by atoms with Crippen LogP contribution in [0.25, 0.3) is 0 Å². The van der Waals surface area contributed by atoms with Gasteiger partial charge in [0.25, 0.3) is 0 Å². The highest BCUT2D eigenvalue weighted by Gasteiger charge is 2.43. The van der Waals surface area contributed by atoms with Gasteiger partial charge >= 0.3 is 5.97 Å². The summed E-state index contributed by atoms with van der Waals surface area (Å²) < 4.78 is 16.3. The van der Waals surface area contributed by atoms with Crippen molar-refractivity contribution in [3.8, 4) is 11.5 Å². The van der Waals surface area contributed by atoms with Crippen molar-refractivity contribution in [2.45, 2.75) is 45.4 Å². The Bertz CT molecular complexity index is 839. The minimum atomic E-state index is -0.450. The van der Waals surface area contributed by atoms with Crippen LogP contribution in [0.1, 0.15) is 51.0 Å². The van der Waals surface area contributed by atoms with Gasteiger partial charge in [-0.3, -0.25) is 9.79 Å². The summed E-state index contributed by atoms with van der Waals surface area (Å²) in [5.41, 5.74) is 2.74. The molecule has 150 valence electrons. The molecular formula is C22H27NO5. The number of benzene rings is 1. The van der Waals surface area contributed by atoms with Gasteiger partial charge in [0.05, 0.1) is 32.3 Å². The quantitative estimate of drug-likeness (QED) is 0.696. The summed E-state index contributed by atoms with van der Waals surface area (Å²) in [6.07, 6.45) is 2.96. The standard InChI is InChI=1S/C22H27NO5/c1-5-11-28-17-10-9-14(12-18(17)26-3)20-19(22(25)27-4)13(2)23-15-7-6-8-16(24)21(15)20/h9-10,12,20-21H,5-8,11H2,1-4H3/t20-,21?/m1/s1. The third-order valence-corrected chi connectivity index (χ3v) is 5.32. The third kappa shape index (κ3) is 3.68. The van der Waals surface area contributed by atoms with Crippen LogP contribution in [0, 0.1) is 5.92 Å². The number of rotatable bonds is 6. The number of nitrogens with zero attached hydrogens (tertiary/aromatic N) is 1. The van der Waals surface area contributed by atoms with Crippen molar-refractivity contribution in [3.05, 3.63) is 35.0 Å². The van der Waals surface area contributed by atoms with E-state index >= 15 is 0 Å². The number of methoxy groups -OCH3 is 2. The van der Waals surface area contributed by atoms with E-state index in [4.69, 9.17) is 14.2 Å². The number of hydrogen-bond acceptors (Lipinski definition) is 6. The fourth-order valence-electron chi connectivity index (χ4n) is 4.06. The van der Waals surface area contributed by atoms with Gasteiger partial charge in [0.1, 0.15) is 5.78 Å². The highest BCUT2D eigenvalue weighted by molar-refractivity contribution is 6.11. The first-order valence-electron chi connectivity index (χ1n) is 9.71. The number of ether oxygens (including phenoxy) is 3. The first-order valence-corrected chi connectivity index (χ1v) is 9.71. The largest absolute Gasteiger partial charge is 0.493 e. The van der Waals surface area contributed by atoms with E-state index in [1.807, 2.05) is 25.1 Å². The van der Waals surface area contributed by atoms with Crippen LogP contribution in [0.5, 0.6) is 11.5 Å². The second kappa shape index (κ2) is 8.59. The molecule has 6 nitrogen and oxygen atoms in total. The van der Waals surface area contributed by atoms with Gasteiger partial charge in [0.2, 0.25) is 0 Å². The molecule has 0 radical (unpaired) electrons.